The van der Waals surface area contributed by atoms with E-state index in [9.17, 15) is 10.1 Å². The summed E-state index contributed by atoms with van der Waals surface area (Å²) in [6, 6.07) is 11.8. The van der Waals surface area contributed by atoms with E-state index >= 15 is 0 Å². The Hall–Kier alpha value is -2.41. The van der Waals surface area contributed by atoms with Crippen molar-refractivity contribution in [3.63, 3.8) is 0 Å². The van der Waals surface area contributed by atoms with E-state index in [4.69, 9.17) is 0 Å². The highest BCUT2D eigenvalue weighted by molar-refractivity contribution is 6.04. The van der Waals surface area contributed by atoms with Crippen LogP contribution in [-0.4, -0.2) is 10.9 Å². The number of nitriles is 1. The van der Waals surface area contributed by atoms with Crippen LogP contribution in [0.5, 0.6) is 0 Å². The van der Waals surface area contributed by atoms with Crippen molar-refractivity contribution >= 4 is 22.5 Å². The Bertz CT molecular complexity index is 739. The van der Waals surface area contributed by atoms with Crippen LogP contribution in [0.3, 0.4) is 0 Å². The van der Waals surface area contributed by atoms with Crippen molar-refractivity contribution in [2.75, 3.05) is 5.32 Å². The summed E-state index contributed by atoms with van der Waals surface area (Å²) in [4.78, 5) is 17.0. The maximum absolute atomic E-state index is 12.6. The average Bonchev–Trinajstić information content (AvgIpc) is 2.97. The molecule has 1 heterocycles. The first kappa shape index (κ1) is 13.6. The number of carbonyl (C=O) groups is 1. The van der Waals surface area contributed by atoms with E-state index in [0.717, 1.165) is 35.1 Å². The number of nitrogens with one attached hydrogen (secondary N) is 1. The summed E-state index contributed by atoms with van der Waals surface area (Å²) in [5.74, 6) is -0.182. The molecule has 1 N–H and O–H groups in total. The minimum Gasteiger partial charge on any atom is -0.324 e. The van der Waals surface area contributed by atoms with Gasteiger partial charge in [0.1, 0.15) is 5.41 Å². The number of anilines is 1. The lowest BCUT2D eigenvalue weighted by Gasteiger charge is -2.20. The number of fused-ring (bicyclic) bond motifs is 1. The molecule has 1 aliphatic rings. The minimum atomic E-state index is -0.863. The molecular formula is C17H17N3O. The molecule has 0 unspecified atom stereocenters. The zero-order valence-electron chi connectivity index (χ0n) is 12.0. The highest BCUT2D eigenvalue weighted by Gasteiger charge is 2.41. The van der Waals surface area contributed by atoms with Crippen LogP contribution in [0.25, 0.3) is 10.9 Å². The van der Waals surface area contributed by atoms with Gasteiger partial charge in [0.15, 0.2) is 0 Å². The van der Waals surface area contributed by atoms with E-state index in [1.807, 2.05) is 37.3 Å². The Balaban J connectivity index is 1.98. The summed E-state index contributed by atoms with van der Waals surface area (Å²) >= 11 is 0. The maximum atomic E-state index is 12.6. The van der Waals surface area contributed by atoms with Crippen molar-refractivity contribution in [2.24, 2.45) is 5.41 Å². The second kappa shape index (κ2) is 5.17. The first-order valence-corrected chi connectivity index (χ1v) is 7.24. The topological polar surface area (TPSA) is 65.8 Å². The number of hydrogen-bond acceptors (Lipinski definition) is 3. The van der Waals surface area contributed by atoms with Crippen molar-refractivity contribution in [1.82, 2.24) is 4.98 Å². The molecule has 2 aromatic rings. The number of nitrogens with zero attached hydrogens (tertiary/aromatic N) is 2. The monoisotopic (exact) mass is 279 g/mol. The van der Waals surface area contributed by atoms with Crippen LogP contribution >= 0.6 is 0 Å². The Morgan fingerprint density at radius 1 is 1.33 bits per heavy atom. The molecular weight excluding hydrogens is 262 g/mol. The zero-order chi connectivity index (χ0) is 14.9. The van der Waals surface area contributed by atoms with Crippen LogP contribution in [0.15, 0.2) is 30.3 Å². The van der Waals surface area contributed by atoms with Crippen LogP contribution in [0.1, 0.15) is 31.4 Å². The predicted octanol–water partition coefficient (Wildman–Crippen LogP) is 3.57. The molecule has 0 atom stereocenters. The maximum Gasteiger partial charge on any atom is 0.244 e. The Labute approximate surface area is 123 Å². The molecule has 4 heteroatoms. The summed E-state index contributed by atoms with van der Waals surface area (Å²) in [5.41, 5.74) is 1.58. The molecule has 21 heavy (non-hydrogen) atoms. The lowest BCUT2D eigenvalue weighted by Crippen LogP contribution is -2.32. The Morgan fingerprint density at radius 2 is 2.05 bits per heavy atom. The zero-order valence-corrected chi connectivity index (χ0v) is 12.0. The van der Waals surface area contributed by atoms with Gasteiger partial charge >= 0.3 is 0 Å². The lowest BCUT2D eigenvalue weighted by atomic mass is 9.87. The number of hydrogen-bond donors (Lipinski definition) is 1. The summed E-state index contributed by atoms with van der Waals surface area (Å²) in [6.45, 7) is 1.90. The second-order valence-corrected chi connectivity index (χ2v) is 5.68. The predicted molar refractivity (Wildman–Crippen MR) is 81.6 cm³/mol. The average molecular weight is 279 g/mol. The number of aryl methyl sites for hydroxylation is 1. The van der Waals surface area contributed by atoms with Crippen LogP contribution in [0, 0.1) is 23.7 Å². The number of amides is 1. The molecule has 1 amide bonds. The van der Waals surface area contributed by atoms with Gasteiger partial charge < -0.3 is 5.32 Å². The van der Waals surface area contributed by atoms with Crippen LogP contribution in [-0.2, 0) is 4.79 Å². The molecule has 1 fully saturated rings. The van der Waals surface area contributed by atoms with Crippen LogP contribution in [0.4, 0.5) is 5.69 Å². The number of aromatic nitrogens is 1. The fourth-order valence-electron chi connectivity index (χ4n) is 3.02. The van der Waals surface area contributed by atoms with Gasteiger partial charge in [-0.05, 0) is 31.9 Å². The van der Waals surface area contributed by atoms with Crippen molar-refractivity contribution in [3.8, 4) is 6.07 Å². The fraction of sp³-hybridized carbons (Fsp3) is 0.353. The third-order valence-electron chi connectivity index (χ3n) is 4.20. The van der Waals surface area contributed by atoms with Gasteiger partial charge in [0.2, 0.25) is 5.91 Å². The molecule has 1 saturated carbocycles. The van der Waals surface area contributed by atoms with E-state index in [1.54, 1.807) is 0 Å². The summed E-state index contributed by atoms with van der Waals surface area (Å²) in [6.07, 6.45) is 3.18. The molecule has 0 radical (unpaired) electrons. The highest BCUT2D eigenvalue weighted by atomic mass is 16.2. The molecule has 1 aliphatic carbocycles. The minimum absolute atomic E-state index is 0.182. The Kier molecular flexibility index (Phi) is 3.34. The largest absolute Gasteiger partial charge is 0.324 e. The van der Waals surface area contributed by atoms with Crippen molar-refractivity contribution < 1.29 is 4.79 Å². The summed E-state index contributed by atoms with van der Waals surface area (Å²) in [7, 11) is 0. The SMILES string of the molecule is Cc1cc(NC(=O)C2(C#N)CCCC2)c2ccccc2n1. The number of carbonyl (C=O) groups excluding carboxylic acids is 1. The van der Waals surface area contributed by atoms with Gasteiger partial charge in [-0.2, -0.15) is 5.26 Å². The Morgan fingerprint density at radius 3 is 2.76 bits per heavy atom. The number of rotatable bonds is 2. The third-order valence-corrected chi connectivity index (χ3v) is 4.20. The summed E-state index contributed by atoms with van der Waals surface area (Å²) in [5, 5.41) is 13.3. The normalized spacial score (nSPS) is 16.6. The molecule has 0 bridgehead atoms. The lowest BCUT2D eigenvalue weighted by molar-refractivity contribution is -0.122. The fourth-order valence-corrected chi connectivity index (χ4v) is 3.02. The summed E-state index contributed by atoms with van der Waals surface area (Å²) < 4.78 is 0. The van der Waals surface area contributed by atoms with Crippen molar-refractivity contribution in [1.29, 1.82) is 5.26 Å². The highest BCUT2D eigenvalue weighted by Crippen LogP contribution is 2.39. The van der Waals surface area contributed by atoms with E-state index in [0.29, 0.717) is 12.8 Å². The standard InChI is InChI=1S/C17H17N3O/c1-12-10-15(13-6-2-3-7-14(13)19-12)20-16(21)17(11-18)8-4-5-9-17/h2-3,6-7,10H,4-5,8-9H2,1H3,(H,19,20,21). The van der Waals surface area contributed by atoms with E-state index < -0.39 is 5.41 Å². The van der Waals surface area contributed by atoms with E-state index in [1.165, 1.54) is 0 Å². The van der Waals surface area contributed by atoms with Gasteiger partial charge in [-0.25, -0.2) is 0 Å². The molecule has 1 aromatic heterocycles. The number of para-hydroxylation sites is 1. The molecule has 1 aromatic carbocycles. The molecule has 4 nitrogen and oxygen atoms in total. The molecule has 0 saturated heterocycles. The van der Waals surface area contributed by atoms with E-state index in [2.05, 4.69) is 16.4 Å². The van der Waals surface area contributed by atoms with Crippen LogP contribution in [0.2, 0.25) is 0 Å². The van der Waals surface area contributed by atoms with Gasteiger partial charge in [-0.1, -0.05) is 31.0 Å². The van der Waals surface area contributed by atoms with E-state index in [-0.39, 0.29) is 5.91 Å². The van der Waals surface area contributed by atoms with Gasteiger partial charge in [0.25, 0.3) is 0 Å². The molecule has 3 rings (SSSR count). The quantitative estimate of drug-likeness (QED) is 0.914. The first-order chi connectivity index (χ1) is 10.1. The van der Waals surface area contributed by atoms with Crippen molar-refractivity contribution in [3.05, 3.63) is 36.0 Å². The van der Waals surface area contributed by atoms with Crippen molar-refractivity contribution in [2.45, 2.75) is 32.6 Å². The first-order valence-electron chi connectivity index (χ1n) is 7.24. The van der Waals surface area contributed by atoms with Gasteiger partial charge in [0, 0.05) is 11.1 Å². The molecule has 0 aliphatic heterocycles. The van der Waals surface area contributed by atoms with Crippen LogP contribution < -0.4 is 5.32 Å². The van der Waals surface area contributed by atoms with Gasteiger partial charge in [-0.3, -0.25) is 9.78 Å². The molecule has 0 spiro atoms. The molecule has 106 valence electrons. The number of pyridine rings is 1. The number of benzene rings is 1. The van der Waals surface area contributed by atoms with Gasteiger partial charge in [-0.15, -0.1) is 0 Å². The second-order valence-electron chi connectivity index (χ2n) is 5.68. The van der Waals surface area contributed by atoms with Gasteiger partial charge in [0.05, 0.1) is 17.3 Å². The smallest absolute Gasteiger partial charge is 0.244 e. The third kappa shape index (κ3) is 2.36.